The Balaban J connectivity index is 2.50. The molecule has 1 aliphatic heterocycles. The summed E-state index contributed by atoms with van der Waals surface area (Å²) in [6.45, 7) is 6.44. The lowest BCUT2D eigenvalue weighted by molar-refractivity contribution is 0.394. The Bertz CT molecular complexity index is 391. The Hall–Kier alpha value is -0.830. The van der Waals surface area contributed by atoms with Crippen molar-refractivity contribution in [2.24, 2.45) is 0 Å². The molecule has 1 aromatic rings. The minimum Gasteiger partial charge on any atom is -0.479 e. The van der Waals surface area contributed by atoms with Crippen molar-refractivity contribution in [3.63, 3.8) is 0 Å². The first kappa shape index (κ1) is 9.71. The summed E-state index contributed by atoms with van der Waals surface area (Å²) in [7, 11) is -0.965. The summed E-state index contributed by atoms with van der Waals surface area (Å²) in [5.74, 6) is 1.08. The molecule has 0 aliphatic carbocycles. The Labute approximate surface area is 86.7 Å². The fraction of sp³-hybridized carbons (Fsp3) is 0.455. The molecule has 1 heterocycles. The number of fused-ring (bicyclic) bond motifs is 1. The van der Waals surface area contributed by atoms with Crippen LogP contribution < -0.4 is 4.74 Å². The third-order valence-electron chi connectivity index (χ3n) is 2.38. The predicted octanol–water partition coefficient (Wildman–Crippen LogP) is 2.44. The number of rotatable bonds is 0. The van der Waals surface area contributed by atoms with E-state index in [0.717, 1.165) is 10.6 Å². The van der Waals surface area contributed by atoms with Gasteiger partial charge in [-0.25, -0.2) is 0 Å². The lowest BCUT2D eigenvalue weighted by Gasteiger charge is -2.19. The lowest BCUT2D eigenvalue weighted by Crippen LogP contribution is -2.10. The fourth-order valence-corrected chi connectivity index (χ4v) is 2.42. The van der Waals surface area contributed by atoms with Crippen LogP contribution in [0.5, 0.6) is 5.75 Å². The minimum absolute atomic E-state index is 0.0990. The predicted molar refractivity (Wildman–Crippen MR) is 57.0 cm³/mol. The van der Waals surface area contributed by atoms with Crippen LogP contribution >= 0.6 is 0 Å². The molecular formula is C11H14O2S. The highest BCUT2D eigenvalue weighted by Crippen LogP contribution is 2.33. The van der Waals surface area contributed by atoms with Crippen molar-refractivity contribution >= 4 is 10.8 Å². The summed E-state index contributed by atoms with van der Waals surface area (Å²) < 4.78 is 16.8. The van der Waals surface area contributed by atoms with E-state index >= 15 is 0 Å². The first-order chi connectivity index (χ1) is 6.48. The number of hydrogen-bond donors (Lipinski definition) is 0. The van der Waals surface area contributed by atoms with Gasteiger partial charge in [0.1, 0.15) is 5.75 Å². The van der Waals surface area contributed by atoms with Gasteiger partial charge in [0.15, 0.2) is 5.94 Å². The van der Waals surface area contributed by atoms with Gasteiger partial charge >= 0.3 is 0 Å². The van der Waals surface area contributed by atoms with Gasteiger partial charge in [-0.3, -0.25) is 4.21 Å². The van der Waals surface area contributed by atoms with Gasteiger partial charge in [0.25, 0.3) is 0 Å². The van der Waals surface area contributed by atoms with E-state index in [-0.39, 0.29) is 5.41 Å². The van der Waals surface area contributed by atoms with E-state index in [2.05, 4.69) is 20.8 Å². The molecular weight excluding hydrogens is 196 g/mol. The smallest absolute Gasteiger partial charge is 0.167 e. The summed E-state index contributed by atoms with van der Waals surface area (Å²) in [5.41, 5.74) is 1.30. The zero-order chi connectivity index (χ0) is 10.3. The zero-order valence-electron chi connectivity index (χ0n) is 8.66. The van der Waals surface area contributed by atoms with E-state index in [9.17, 15) is 4.21 Å². The van der Waals surface area contributed by atoms with Crippen LogP contribution in [0.4, 0.5) is 0 Å². The molecule has 0 fully saturated rings. The maximum atomic E-state index is 11.5. The second-order valence-corrected chi connectivity index (χ2v) is 5.89. The zero-order valence-corrected chi connectivity index (χ0v) is 9.48. The van der Waals surface area contributed by atoms with Crippen LogP contribution in [-0.2, 0) is 16.2 Å². The van der Waals surface area contributed by atoms with Crippen LogP contribution in [0.25, 0.3) is 0 Å². The van der Waals surface area contributed by atoms with Gasteiger partial charge in [0.2, 0.25) is 0 Å². The van der Waals surface area contributed by atoms with Crippen molar-refractivity contribution in [1.29, 1.82) is 0 Å². The van der Waals surface area contributed by atoms with Gasteiger partial charge in [-0.1, -0.05) is 26.8 Å². The van der Waals surface area contributed by atoms with E-state index in [1.165, 1.54) is 5.56 Å². The second kappa shape index (κ2) is 3.09. The van der Waals surface area contributed by atoms with E-state index in [4.69, 9.17) is 4.74 Å². The van der Waals surface area contributed by atoms with Gasteiger partial charge in [-0.05, 0) is 23.1 Å². The molecule has 1 aliphatic rings. The maximum absolute atomic E-state index is 11.5. The molecule has 0 N–H and O–H groups in total. The van der Waals surface area contributed by atoms with Crippen molar-refractivity contribution in [1.82, 2.24) is 0 Å². The van der Waals surface area contributed by atoms with Crippen LogP contribution in [0.2, 0.25) is 0 Å². The first-order valence-corrected chi connectivity index (χ1v) is 5.96. The molecule has 0 saturated heterocycles. The molecule has 1 unspecified atom stereocenters. The fourth-order valence-electron chi connectivity index (χ4n) is 1.45. The summed E-state index contributed by atoms with van der Waals surface area (Å²) >= 11 is 0. The summed E-state index contributed by atoms with van der Waals surface area (Å²) in [5, 5.41) is 0. The molecule has 76 valence electrons. The van der Waals surface area contributed by atoms with Crippen molar-refractivity contribution < 1.29 is 8.95 Å². The van der Waals surface area contributed by atoms with Crippen LogP contribution in [0, 0.1) is 0 Å². The largest absolute Gasteiger partial charge is 0.479 e. The Kier molecular flexibility index (Phi) is 2.14. The SMILES string of the molecule is CC(C)(C)c1ccc2c(c1)S(=O)CO2. The van der Waals surface area contributed by atoms with Crippen molar-refractivity contribution in [2.75, 3.05) is 5.94 Å². The van der Waals surface area contributed by atoms with E-state index in [0.29, 0.717) is 5.94 Å². The summed E-state index contributed by atoms with van der Waals surface area (Å²) in [6, 6.07) is 5.96. The normalized spacial score (nSPS) is 20.4. The highest BCUT2D eigenvalue weighted by Gasteiger charge is 2.22. The van der Waals surface area contributed by atoms with Crippen LogP contribution in [0.3, 0.4) is 0 Å². The Morgan fingerprint density at radius 2 is 2.07 bits per heavy atom. The molecule has 3 heteroatoms. The average molecular weight is 210 g/mol. The highest BCUT2D eigenvalue weighted by molar-refractivity contribution is 7.85. The molecule has 0 aromatic heterocycles. The third-order valence-corrected chi connectivity index (χ3v) is 3.52. The van der Waals surface area contributed by atoms with Gasteiger partial charge in [-0.2, -0.15) is 0 Å². The van der Waals surface area contributed by atoms with Crippen molar-refractivity contribution in [3.8, 4) is 5.75 Å². The van der Waals surface area contributed by atoms with Crippen LogP contribution in [0.15, 0.2) is 23.1 Å². The van der Waals surface area contributed by atoms with Gasteiger partial charge in [-0.15, -0.1) is 0 Å². The second-order valence-electron chi connectivity index (χ2n) is 4.52. The van der Waals surface area contributed by atoms with Crippen molar-refractivity contribution in [2.45, 2.75) is 31.1 Å². The number of benzene rings is 1. The molecule has 0 spiro atoms. The van der Waals surface area contributed by atoms with Crippen LogP contribution in [0.1, 0.15) is 26.3 Å². The molecule has 2 rings (SSSR count). The van der Waals surface area contributed by atoms with Crippen molar-refractivity contribution in [3.05, 3.63) is 23.8 Å². The average Bonchev–Trinajstić information content (AvgIpc) is 2.46. The summed E-state index contributed by atoms with van der Waals surface area (Å²) in [4.78, 5) is 0.845. The quantitative estimate of drug-likeness (QED) is 0.657. The Morgan fingerprint density at radius 3 is 2.71 bits per heavy atom. The van der Waals surface area contributed by atoms with Gasteiger partial charge < -0.3 is 4.74 Å². The molecule has 2 nitrogen and oxygen atoms in total. The molecule has 0 bridgehead atoms. The molecule has 0 saturated carbocycles. The monoisotopic (exact) mass is 210 g/mol. The number of ether oxygens (including phenoxy) is 1. The molecule has 0 radical (unpaired) electrons. The lowest BCUT2D eigenvalue weighted by atomic mass is 9.87. The molecule has 1 atom stereocenters. The topological polar surface area (TPSA) is 26.3 Å². The molecule has 0 amide bonds. The van der Waals surface area contributed by atoms with E-state index in [1.807, 2.05) is 18.2 Å². The maximum Gasteiger partial charge on any atom is 0.167 e. The minimum atomic E-state index is -0.965. The van der Waals surface area contributed by atoms with Crippen LogP contribution in [-0.4, -0.2) is 10.1 Å². The highest BCUT2D eigenvalue weighted by atomic mass is 32.2. The third kappa shape index (κ3) is 1.57. The molecule has 14 heavy (non-hydrogen) atoms. The van der Waals surface area contributed by atoms with E-state index < -0.39 is 10.8 Å². The van der Waals surface area contributed by atoms with Gasteiger partial charge in [0.05, 0.1) is 15.7 Å². The standard InChI is InChI=1S/C11H14O2S/c1-11(2,3)8-4-5-9-10(6-8)14(12)7-13-9/h4-6H,7H2,1-3H3. The number of hydrogen-bond acceptors (Lipinski definition) is 2. The first-order valence-electron chi connectivity index (χ1n) is 4.64. The summed E-state index contributed by atoms with van der Waals surface area (Å²) in [6.07, 6.45) is 0. The Morgan fingerprint density at radius 1 is 1.36 bits per heavy atom. The van der Waals surface area contributed by atoms with Gasteiger partial charge in [0, 0.05) is 0 Å². The molecule has 1 aromatic carbocycles. The van der Waals surface area contributed by atoms with E-state index in [1.54, 1.807) is 0 Å².